The highest BCUT2D eigenvalue weighted by atomic mass is 19.1. The zero-order valence-electron chi connectivity index (χ0n) is 12.4. The molecule has 3 nitrogen and oxygen atoms in total. The lowest BCUT2D eigenvalue weighted by atomic mass is 10.2. The molecule has 0 atom stereocenters. The molecule has 0 heterocycles. The highest BCUT2D eigenvalue weighted by molar-refractivity contribution is 5.73. The lowest BCUT2D eigenvalue weighted by Gasteiger charge is -2.16. The second-order valence-electron chi connectivity index (χ2n) is 4.68. The van der Waals surface area contributed by atoms with Crippen molar-refractivity contribution in [3.05, 3.63) is 47.4 Å². The number of allylic oxidation sites excluding steroid dienone is 3. The molecule has 0 spiro atoms. The summed E-state index contributed by atoms with van der Waals surface area (Å²) in [6, 6.07) is 5.06. The molecular formula is C16H21FN2O. The quantitative estimate of drug-likeness (QED) is 0.488. The molecule has 0 fully saturated rings. The third-order valence-electron chi connectivity index (χ3n) is 2.77. The van der Waals surface area contributed by atoms with Crippen LogP contribution >= 0.6 is 0 Å². The number of carbonyl (C=O) groups is 1. The summed E-state index contributed by atoms with van der Waals surface area (Å²) in [6.45, 7) is 6.25. The van der Waals surface area contributed by atoms with Gasteiger partial charge in [-0.1, -0.05) is 6.08 Å². The summed E-state index contributed by atoms with van der Waals surface area (Å²) >= 11 is 0. The lowest BCUT2D eigenvalue weighted by Crippen LogP contribution is -2.09. The molecule has 0 amide bonds. The van der Waals surface area contributed by atoms with Gasteiger partial charge in [-0.25, -0.2) is 4.39 Å². The molecule has 0 aliphatic rings. The van der Waals surface area contributed by atoms with Crippen molar-refractivity contribution < 1.29 is 9.18 Å². The SMILES string of the molecule is CCNc1ccc(N(C)/C=C(C)\C=C(\C)C=O)cc1F. The third kappa shape index (κ3) is 4.53. The number of hydrogen-bond acceptors (Lipinski definition) is 3. The maximum absolute atomic E-state index is 13.8. The van der Waals surface area contributed by atoms with Crippen LogP contribution in [-0.2, 0) is 4.79 Å². The van der Waals surface area contributed by atoms with Crippen molar-refractivity contribution in [3.8, 4) is 0 Å². The smallest absolute Gasteiger partial charge is 0.148 e. The van der Waals surface area contributed by atoms with Crippen molar-refractivity contribution in [1.82, 2.24) is 0 Å². The minimum Gasteiger partial charge on any atom is -0.383 e. The Morgan fingerprint density at radius 2 is 2.05 bits per heavy atom. The van der Waals surface area contributed by atoms with Crippen LogP contribution in [0.4, 0.5) is 15.8 Å². The van der Waals surface area contributed by atoms with E-state index in [1.54, 1.807) is 19.1 Å². The zero-order valence-corrected chi connectivity index (χ0v) is 12.4. The Morgan fingerprint density at radius 3 is 2.60 bits per heavy atom. The molecule has 1 aromatic carbocycles. The Labute approximate surface area is 119 Å². The fourth-order valence-corrected chi connectivity index (χ4v) is 1.87. The standard InChI is InChI=1S/C16H21FN2O/c1-5-18-16-7-6-14(9-15(16)17)19(4)10-12(2)8-13(3)11-20/h6-11,18H,5H2,1-4H3/b12-10-,13-8-. The zero-order chi connectivity index (χ0) is 15.1. The maximum atomic E-state index is 13.8. The van der Waals surface area contributed by atoms with Gasteiger partial charge in [0, 0.05) is 25.5 Å². The van der Waals surface area contributed by atoms with E-state index < -0.39 is 0 Å². The molecule has 20 heavy (non-hydrogen) atoms. The summed E-state index contributed by atoms with van der Waals surface area (Å²) < 4.78 is 13.8. The van der Waals surface area contributed by atoms with E-state index in [0.29, 0.717) is 17.8 Å². The summed E-state index contributed by atoms with van der Waals surface area (Å²) in [4.78, 5) is 12.4. The summed E-state index contributed by atoms with van der Waals surface area (Å²) in [7, 11) is 1.84. The van der Waals surface area contributed by atoms with E-state index in [1.165, 1.54) is 6.07 Å². The van der Waals surface area contributed by atoms with E-state index in [0.717, 1.165) is 17.5 Å². The number of carbonyl (C=O) groups excluding carboxylic acids is 1. The molecule has 0 saturated heterocycles. The fourth-order valence-electron chi connectivity index (χ4n) is 1.87. The molecule has 0 saturated carbocycles. The normalized spacial score (nSPS) is 12.2. The number of rotatable bonds is 6. The van der Waals surface area contributed by atoms with E-state index >= 15 is 0 Å². The fraction of sp³-hybridized carbons (Fsp3) is 0.312. The van der Waals surface area contributed by atoms with Crippen molar-refractivity contribution in [2.24, 2.45) is 0 Å². The van der Waals surface area contributed by atoms with Gasteiger partial charge in [-0.05, 0) is 50.1 Å². The van der Waals surface area contributed by atoms with Crippen LogP contribution in [-0.4, -0.2) is 19.9 Å². The minimum atomic E-state index is -0.276. The van der Waals surface area contributed by atoms with Crippen LogP contribution in [0.1, 0.15) is 20.8 Å². The summed E-state index contributed by atoms with van der Waals surface area (Å²) in [6.07, 6.45) is 4.45. The Kier molecular flexibility index (Phi) is 5.97. The number of hydrogen-bond donors (Lipinski definition) is 1. The first-order chi connectivity index (χ1) is 9.47. The van der Waals surface area contributed by atoms with E-state index in [4.69, 9.17) is 0 Å². The molecular weight excluding hydrogens is 255 g/mol. The molecule has 0 bridgehead atoms. The van der Waals surface area contributed by atoms with Gasteiger partial charge in [0.2, 0.25) is 0 Å². The molecule has 1 rings (SSSR count). The van der Waals surface area contributed by atoms with E-state index in [1.807, 2.05) is 38.1 Å². The average molecular weight is 276 g/mol. The first kappa shape index (κ1) is 16.0. The highest BCUT2D eigenvalue weighted by Crippen LogP contribution is 2.22. The maximum Gasteiger partial charge on any atom is 0.148 e. The van der Waals surface area contributed by atoms with Crippen LogP contribution < -0.4 is 10.2 Å². The molecule has 0 unspecified atom stereocenters. The topological polar surface area (TPSA) is 32.3 Å². The molecule has 0 aromatic heterocycles. The molecule has 0 radical (unpaired) electrons. The van der Waals surface area contributed by atoms with Crippen molar-refractivity contribution in [1.29, 1.82) is 0 Å². The molecule has 1 aromatic rings. The second kappa shape index (κ2) is 7.48. The van der Waals surface area contributed by atoms with Crippen LogP contribution in [0.3, 0.4) is 0 Å². The van der Waals surface area contributed by atoms with Crippen LogP contribution in [0.15, 0.2) is 41.6 Å². The predicted molar refractivity (Wildman–Crippen MR) is 82.5 cm³/mol. The Bertz CT molecular complexity index is 535. The van der Waals surface area contributed by atoms with E-state index in [-0.39, 0.29) is 5.82 Å². The number of benzene rings is 1. The molecule has 108 valence electrons. The van der Waals surface area contributed by atoms with Gasteiger partial charge in [-0.3, -0.25) is 4.79 Å². The molecule has 0 aliphatic carbocycles. The van der Waals surface area contributed by atoms with E-state index in [9.17, 15) is 9.18 Å². The first-order valence-electron chi connectivity index (χ1n) is 6.56. The van der Waals surface area contributed by atoms with Gasteiger partial charge in [-0.15, -0.1) is 0 Å². The Balaban J connectivity index is 2.92. The Hall–Kier alpha value is -2.10. The number of aldehydes is 1. The van der Waals surface area contributed by atoms with Gasteiger partial charge in [0.05, 0.1) is 5.69 Å². The largest absolute Gasteiger partial charge is 0.383 e. The van der Waals surface area contributed by atoms with Gasteiger partial charge in [0.1, 0.15) is 12.1 Å². The van der Waals surface area contributed by atoms with Crippen molar-refractivity contribution in [3.63, 3.8) is 0 Å². The molecule has 1 N–H and O–H groups in total. The van der Waals surface area contributed by atoms with Gasteiger partial charge in [0.25, 0.3) is 0 Å². The van der Waals surface area contributed by atoms with Crippen molar-refractivity contribution in [2.75, 3.05) is 23.8 Å². The average Bonchev–Trinajstić information content (AvgIpc) is 2.40. The molecule has 0 aliphatic heterocycles. The first-order valence-corrected chi connectivity index (χ1v) is 6.56. The summed E-state index contributed by atoms with van der Waals surface area (Å²) in [5.74, 6) is -0.276. The van der Waals surface area contributed by atoms with Gasteiger partial charge >= 0.3 is 0 Å². The van der Waals surface area contributed by atoms with Crippen LogP contribution in [0.25, 0.3) is 0 Å². The van der Waals surface area contributed by atoms with E-state index in [2.05, 4.69) is 5.32 Å². The van der Waals surface area contributed by atoms with Crippen LogP contribution in [0.5, 0.6) is 0 Å². The summed E-state index contributed by atoms with van der Waals surface area (Å²) in [5.41, 5.74) is 2.83. The van der Waals surface area contributed by atoms with Crippen molar-refractivity contribution in [2.45, 2.75) is 20.8 Å². The van der Waals surface area contributed by atoms with Crippen LogP contribution in [0.2, 0.25) is 0 Å². The number of nitrogens with one attached hydrogen (secondary N) is 1. The Morgan fingerprint density at radius 1 is 1.35 bits per heavy atom. The number of anilines is 2. The second-order valence-corrected chi connectivity index (χ2v) is 4.68. The predicted octanol–water partition coefficient (Wildman–Crippen LogP) is 3.74. The van der Waals surface area contributed by atoms with Crippen LogP contribution in [0, 0.1) is 5.82 Å². The van der Waals surface area contributed by atoms with Gasteiger partial charge in [0.15, 0.2) is 0 Å². The number of halogens is 1. The third-order valence-corrected chi connectivity index (χ3v) is 2.77. The highest BCUT2D eigenvalue weighted by Gasteiger charge is 2.05. The monoisotopic (exact) mass is 276 g/mol. The summed E-state index contributed by atoms with van der Waals surface area (Å²) in [5, 5.41) is 2.96. The number of nitrogens with zero attached hydrogens (tertiary/aromatic N) is 1. The van der Waals surface area contributed by atoms with Gasteiger partial charge < -0.3 is 10.2 Å². The van der Waals surface area contributed by atoms with Crippen molar-refractivity contribution >= 4 is 17.7 Å². The lowest BCUT2D eigenvalue weighted by molar-refractivity contribution is -0.104. The molecule has 4 heteroatoms. The minimum absolute atomic E-state index is 0.276. The van der Waals surface area contributed by atoms with Gasteiger partial charge in [-0.2, -0.15) is 0 Å².